The number of nitrogens with one attached hydrogen (secondary N) is 1. The molecule has 1 aliphatic rings. The lowest BCUT2D eigenvalue weighted by atomic mass is 10.1. The molecule has 0 spiro atoms. The van der Waals surface area contributed by atoms with Crippen molar-refractivity contribution in [1.82, 2.24) is 10.3 Å². The van der Waals surface area contributed by atoms with Crippen LogP contribution in [0, 0.1) is 0 Å². The van der Waals surface area contributed by atoms with Crippen molar-refractivity contribution in [1.29, 1.82) is 0 Å². The van der Waals surface area contributed by atoms with Gasteiger partial charge < -0.3 is 15.0 Å². The Bertz CT molecular complexity index is 457. The lowest BCUT2D eigenvalue weighted by Crippen LogP contribution is -2.45. The molecule has 120 valence electrons. The highest BCUT2D eigenvalue weighted by Gasteiger charge is 2.25. The van der Waals surface area contributed by atoms with E-state index in [-0.39, 0.29) is 17.7 Å². The summed E-state index contributed by atoms with van der Waals surface area (Å²) in [4.78, 5) is 8.62. The number of thiazole rings is 1. The third kappa shape index (κ3) is 4.66. The van der Waals surface area contributed by atoms with Crippen LogP contribution in [0.5, 0.6) is 0 Å². The van der Waals surface area contributed by atoms with Crippen LogP contribution >= 0.6 is 11.3 Å². The van der Waals surface area contributed by atoms with E-state index in [1.54, 1.807) is 0 Å². The molecule has 1 aliphatic heterocycles. The molecule has 0 saturated carbocycles. The second-order valence-electron chi connectivity index (χ2n) is 6.99. The van der Waals surface area contributed by atoms with Crippen LogP contribution in [0.2, 0.25) is 0 Å². The molecule has 0 aliphatic carbocycles. The number of rotatable bonds is 4. The summed E-state index contributed by atoms with van der Waals surface area (Å²) in [5.41, 5.74) is 1.37. The first-order chi connectivity index (χ1) is 9.78. The topological polar surface area (TPSA) is 37.4 Å². The third-order valence-electron chi connectivity index (χ3n) is 3.57. The molecular weight excluding hydrogens is 282 g/mol. The van der Waals surface area contributed by atoms with E-state index in [2.05, 4.69) is 51.8 Å². The van der Waals surface area contributed by atoms with E-state index >= 15 is 0 Å². The van der Waals surface area contributed by atoms with Crippen LogP contribution in [-0.2, 0) is 17.7 Å². The van der Waals surface area contributed by atoms with Crippen LogP contribution in [0.1, 0.15) is 52.1 Å². The third-order valence-corrected chi connectivity index (χ3v) is 4.73. The van der Waals surface area contributed by atoms with Crippen molar-refractivity contribution in [3.05, 3.63) is 10.6 Å². The van der Waals surface area contributed by atoms with E-state index in [1.165, 1.54) is 10.6 Å². The molecule has 2 unspecified atom stereocenters. The molecule has 2 rings (SSSR count). The van der Waals surface area contributed by atoms with Gasteiger partial charge in [0.05, 0.1) is 17.9 Å². The Kier molecular flexibility index (Phi) is 5.28. The number of anilines is 1. The minimum Gasteiger partial charge on any atom is -0.372 e. The Morgan fingerprint density at radius 3 is 2.43 bits per heavy atom. The maximum absolute atomic E-state index is 5.82. The number of hydrogen-bond acceptors (Lipinski definition) is 5. The number of hydrogen-bond donors (Lipinski definition) is 1. The lowest BCUT2D eigenvalue weighted by Gasteiger charge is -2.35. The van der Waals surface area contributed by atoms with Gasteiger partial charge in [0.1, 0.15) is 0 Å². The molecule has 4 nitrogen and oxygen atoms in total. The summed E-state index contributed by atoms with van der Waals surface area (Å²) in [5, 5.41) is 4.73. The van der Waals surface area contributed by atoms with Gasteiger partial charge in [-0.25, -0.2) is 4.98 Å². The van der Waals surface area contributed by atoms with Gasteiger partial charge >= 0.3 is 0 Å². The smallest absolute Gasteiger partial charge is 0.186 e. The van der Waals surface area contributed by atoms with Crippen LogP contribution in [0.25, 0.3) is 0 Å². The molecule has 0 radical (unpaired) electrons. The molecule has 1 fully saturated rings. The van der Waals surface area contributed by atoms with Crippen LogP contribution in [-0.4, -0.2) is 35.8 Å². The molecule has 1 saturated heterocycles. The molecule has 2 heterocycles. The maximum atomic E-state index is 5.82. The number of aryl methyl sites for hydroxylation is 1. The van der Waals surface area contributed by atoms with Crippen molar-refractivity contribution in [2.45, 2.75) is 72.3 Å². The molecule has 21 heavy (non-hydrogen) atoms. The predicted molar refractivity (Wildman–Crippen MR) is 90.3 cm³/mol. The molecule has 5 heteroatoms. The summed E-state index contributed by atoms with van der Waals surface area (Å²) in [6.07, 6.45) is 1.55. The maximum Gasteiger partial charge on any atom is 0.186 e. The minimum absolute atomic E-state index is 0.136. The molecule has 1 N–H and O–H groups in total. The first-order valence-electron chi connectivity index (χ1n) is 7.92. The average molecular weight is 311 g/mol. The van der Waals surface area contributed by atoms with Crippen molar-refractivity contribution in [2.75, 3.05) is 18.0 Å². The van der Waals surface area contributed by atoms with E-state index in [9.17, 15) is 0 Å². The number of morpholine rings is 1. The zero-order chi connectivity index (χ0) is 15.6. The summed E-state index contributed by atoms with van der Waals surface area (Å²) in [5.74, 6) is 0. The monoisotopic (exact) mass is 311 g/mol. The van der Waals surface area contributed by atoms with Crippen LogP contribution in [0.15, 0.2) is 0 Å². The molecule has 0 aromatic carbocycles. The normalized spacial score (nSPS) is 23.6. The van der Waals surface area contributed by atoms with Gasteiger partial charge in [0.25, 0.3) is 0 Å². The van der Waals surface area contributed by atoms with E-state index in [0.29, 0.717) is 0 Å². The molecule has 0 bridgehead atoms. The summed E-state index contributed by atoms with van der Waals surface area (Å²) in [6, 6.07) is 0. The van der Waals surface area contributed by atoms with Gasteiger partial charge in [-0.05, 0) is 41.0 Å². The standard InChI is InChI=1S/C16H29N3OS/c1-7-13-14(8-17-16(4,5)6)21-15(18-13)19-9-11(2)20-12(3)10-19/h11-12,17H,7-10H2,1-6H3. The molecule has 1 aromatic rings. The van der Waals surface area contributed by atoms with Crippen molar-refractivity contribution < 1.29 is 4.74 Å². The van der Waals surface area contributed by atoms with E-state index in [0.717, 1.165) is 31.2 Å². The van der Waals surface area contributed by atoms with E-state index in [4.69, 9.17) is 9.72 Å². The van der Waals surface area contributed by atoms with Gasteiger partial charge in [-0.3, -0.25) is 0 Å². The Balaban J connectivity index is 2.12. The second kappa shape index (κ2) is 6.63. The Hall–Kier alpha value is -0.650. The van der Waals surface area contributed by atoms with Crippen molar-refractivity contribution in [3.8, 4) is 0 Å². The van der Waals surface area contributed by atoms with Gasteiger partial charge in [-0.2, -0.15) is 0 Å². The van der Waals surface area contributed by atoms with E-state index < -0.39 is 0 Å². The van der Waals surface area contributed by atoms with E-state index in [1.807, 2.05) is 11.3 Å². The van der Waals surface area contributed by atoms with Crippen LogP contribution in [0.4, 0.5) is 5.13 Å². The molecule has 2 atom stereocenters. The summed E-state index contributed by atoms with van der Waals surface area (Å²) < 4.78 is 5.82. The predicted octanol–water partition coefficient (Wildman–Crippen LogP) is 3.21. The van der Waals surface area contributed by atoms with Crippen molar-refractivity contribution in [2.24, 2.45) is 0 Å². The number of ether oxygens (including phenoxy) is 1. The fourth-order valence-electron chi connectivity index (χ4n) is 2.60. The average Bonchev–Trinajstić information content (AvgIpc) is 2.77. The lowest BCUT2D eigenvalue weighted by molar-refractivity contribution is -0.00523. The fraction of sp³-hybridized carbons (Fsp3) is 0.812. The fourth-order valence-corrected chi connectivity index (χ4v) is 3.71. The zero-order valence-corrected chi connectivity index (χ0v) is 15.0. The van der Waals surface area contributed by atoms with Crippen LogP contribution < -0.4 is 10.2 Å². The highest BCUT2D eigenvalue weighted by atomic mass is 32.1. The molecular formula is C16H29N3OS. The highest BCUT2D eigenvalue weighted by molar-refractivity contribution is 7.15. The largest absolute Gasteiger partial charge is 0.372 e. The van der Waals surface area contributed by atoms with Gasteiger partial charge in [0, 0.05) is 30.1 Å². The summed E-state index contributed by atoms with van der Waals surface area (Å²) in [6.45, 7) is 15.8. The SMILES string of the molecule is CCc1nc(N2CC(C)OC(C)C2)sc1CNC(C)(C)C. The Morgan fingerprint density at radius 1 is 1.29 bits per heavy atom. The quantitative estimate of drug-likeness (QED) is 0.926. The van der Waals surface area contributed by atoms with Crippen molar-refractivity contribution in [3.63, 3.8) is 0 Å². The van der Waals surface area contributed by atoms with Gasteiger partial charge in [0.15, 0.2) is 5.13 Å². The number of nitrogens with zero attached hydrogens (tertiary/aromatic N) is 2. The number of aromatic nitrogens is 1. The summed E-state index contributed by atoms with van der Waals surface area (Å²) in [7, 11) is 0. The second-order valence-corrected chi connectivity index (χ2v) is 8.05. The van der Waals surface area contributed by atoms with Gasteiger partial charge in [-0.15, -0.1) is 11.3 Å². The highest BCUT2D eigenvalue weighted by Crippen LogP contribution is 2.29. The van der Waals surface area contributed by atoms with Crippen molar-refractivity contribution >= 4 is 16.5 Å². The van der Waals surface area contributed by atoms with Crippen LogP contribution in [0.3, 0.4) is 0 Å². The molecule has 1 aromatic heterocycles. The minimum atomic E-state index is 0.136. The zero-order valence-electron chi connectivity index (χ0n) is 14.2. The van der Waals surface area contributed by atoms with Gasteiger partial charge in [0.2, 0.25) is 0 Å². The summed E-state index contributed by atoms with van der Waals surface area (Å²) >= 11 is 1.83. The Morgan fingerprint density at radius 2 is 1.90 bits per heavy atom. The Labute approximate surface area is 132 Å². The molecule has 0 amide bonds. The first kappa shape index (κ1) is 16.7. The first-order valence-corrected chi connectivity index (χ1v) is 8.74. The van der Waals surface area contributed by atoms with Gasteiger partial charge in [-0.1, -0.05) is 6.92 Å².